The number of hydrogen-bond acceptors (Lipinski definition) is 2. The van der Waals surface area contributed by atoms with E-state index in [-0.39, 0.29) is 5.54 Å². The maximum Gasteiger partial charge on any atom is 0.0628 e. The maximum absolute atomic E-state index is 3.76. The molecular weight excluding hydrogens is 196 g/mol. The van der Waals surface area contributed by atoms with Gasteiger partial charge in [0.15, 0.2) is 0 Å². The van der Waals surface area contributed by atoms with Crippen LogP contribution in [0.1, 0.15) is 67.7 Å². The number of nitrogens with one attached hydrogen (secondary N) is 2. The molecule has 0 bridgehead atoms. The molecule has 0 aromatic heterocycles. The van der Waals surface area contributed by atoms with Gasteiger partial charge < -0.3 is 5.32 Å². The quantitative estimate of drug-likeness (QED) is 0.621. The molecule has 98 valence electrons. The Morgan fingerprint density at radius 1 is 0.938 bits per heavy atom. The van der Waals surface area contributed by atoms with E-state index in [9.17, 15) is 0 Å². The highest BCUT2D eigenvalue weighted by molar-refractivity contribution is 4.87. The first-order valence-corrected chi connectivity index (χ1v) is 6.80. The van der Waals surface area contributed by atoms with Crippen molar-refractivity contribution in [1.82, 2.24) is 10.6 Å². The molecule has 0 aliphatic carbocycles. The van der Waals surface area contributed by atoms with Crippen molar-refractivity contribution in [2.45, 2.75) is 79.4 Å². The summed E-state index contributed by atoms with van der Waals surface area (Å²) in [7, 11) is 0. The Morgan fingerprint density at radius 2 is 1.50 bits per heavy atom. The summed E-state index contributed by atoms with van der Waals surface area (Å²) in [6.07, 6.45) is 3.91. The molecule has 2 nitrogen and oxygen atoms in total. The summed E-state index contributed by atoms with van der Waals surface area (Å²) < 4.78 is 0. The van der Waals surface area contributed by atoms with E-state index < -0.39 is 0 Å². The molecule has 0 aromatic carbocycles. The van der Waals surface area contributed by atoms with Crippen LogP contribution in [0.15, 0.2) is 0 Å². The Bertz CT molecular complexity index is 185. The summed E-state index contributed by atoms with van der Waals surface area (Å²) in [6, 6.07) is 0. The van der Waals surface area contributed by atoms with Crippen LogP contribution in [-0.2, 0) is 0 Å². The second kappa shape index (κ2) is 6.61. The monoisotopic (exact) mass is 228 g/mol. The molecule has 0 amide bonds. The predicted molar refractivity (Wildman–Crippen MR) is 73.7 cm³/mol. The maximum atomic E-state index is 3.76. The van der Waals surface area contributed by atoms with Gasteiger partial charge in [-0.1, -0.05) is 34.6 Å². The third-order valence-corrected chi connectivity index (χ3v) is 3.71. The highest BCUT2D eigenvalue weighted by atomic mass is 15.2. The Morgan fingerprint density at radius 3 is 1.88 bits per heavy atom. The van der Waals surface area contributed by atoms with Crippen molar-refractivity contribution in [1.29, 1.82) is 0 Å². The van der Waals surface area contributed by atoms with Gasteiger partial charge in [0.1, 0.15) is 0 Å². The zero-order chi connectivity index (χ0) is 12.8. The third kappa shape index (κ3) is 5.31. The smallest absolute Gasteiger partial charge is 0.0628 e. The average molecular weight is 228 g/mol. The van der Waals surface area contributed by atoms with Crippen molar-refractivity contribution in [2.75, 3.05) is 6.54 Å². The molecule has 0 radical (unpaired) electrons. The first-order chi connectivity index (χ1) is 7.29. The van der Waals surface area contributed by atoms with Gasteiger partial charge in [-0.15, -0.1) is 0 Å². The molecular formula is C14H32N2. The summed E-state index contributed by atoms with van der Waals surface area (Å²) in [5.41, 5.74) is 0.499. The van der Waals surface area contributed by atoms with E-state index in [0.717, 1.165) is 13.0 Å². The first-order valence-electron chi connectivity index (χ1n) is 6.80. The van der Waals surface area contributed by atoms with Crippen molar-refractivity contribution in [3.05, 3.63) is 0 Å². The van der Waals surface area contributed by atoms with E-state index >= 15 is 0 Å². The van der Waals surface area contributed by atoms with Gasteiger partial charge in [0, 0.05) is 5.54 Å². The second-order valence-electron chi connectivity index (χ2n) is 6.11. The van der Waals surface area contributed by atoms with E-state index in [1.165, 1.54) is 12.8 Å². The summed E-state index contributed by atoms with van der Waals surface area (Å²) in [6.45, 7) is 17.0. The average Bonchev–Trinajstić information content (AvgIpc) is 2.24. The van der Waals surface area contributed by atoms with Crippen LogP contribution < -0.4 is 10.6 Å². The lowest BCUT2D eigenvalue weighted by Gasteiger charge is -2.40. The normalized spacial score (nSPS) is 15.2. The minimum atomic E-state index is 0.206. The molecule has 16 heavy (non-hydrogen) atoms. The molecule has 1 atom stereocenters. The van der Waals surface area contributed by atoms with Crippen molar-refractivity contribution < 1.29 is 0 Å². The Hall–Kier alpha value is -0.0800. The molecule has 2 N–H and O–H groups in total. The van der Waals surface area contributed by atoms with Gasteiger partial charge in [0.2, 0.25) is 0 Å². The molecule has 0 aliphatic heterocycles. The molecule has 0 spiro atoms. The van der Waals surface area contributed by atoms with Crippen LogP contribution >= 0.6 is 0 Å². The largest absolute Gasteiger partial charge is 0.301 e. The van der Waals surface area contributed by atoms with E-state index in [1.54, 1.807) is 0 Å². The van der Waals surface area contributed by atoms with Gasteiger partial charge in [0.25, 0.3) is 0 Å². The fraction of sp³-hybridized carbons (Fsp3) is 1.00. The standard InChI is InChI=1S/C14H32N2/c1-8-11-15-12(13(4,5)9-2)16-14(6,7)10-3/h12,15-16H,8-11H2,1-7H3. The Kier molecular flexibility index (Phi) is 6.57. The lowest BCUT2D eigenvalue weighted by Crippen LogP contribution is -2.58. The van der Waals surface area contributed by atoms with Crippen molar-refractivity contribution >= 4 is 0 Å². The Balaban J connectivity index is 4.55. The van der Waals surface area contributed by atoms with Gasteiger partial charge >= 0.3 is 0 Å². The lowest BCUT2D eigenvalue weighted by atomic mass is 9.84. The third-order valence-electron chi connectivity index (χ3n) is 3.71. The van der Waals surface area contributed by atoms with Gasteiger partial charge in [-0.3, -0.25) is 5.32 Å². The molecule has 0 heterocycles. The fourth-order valence-electron chi connectivity index (χ4n) is 1.51. The molecule has 0 aromatic rings. The highest BCUT2D eigenvalue weighted by Crippen LogP contribution is 2.25. The van der Waals surface area contributed by atoms with Crippen LogP contribution in [-0.4, -0.2) is 18.2 Å². The number of rotatable bonds is 8. The lowest BCUT2D eigenvalue weighted by molar-refractivity contribution is 0.152. The van der Waals surface area contributed by atoms with Gasteiger partial charge in [0.05, 0.1) is 6.17 Å². The predicted octanol–water partition coefficient (Wildman–Crippen LogP) is 3.53. The summed E-state index contributed by atoms with van der Waals surface area (Å²) in [5, 5.41) is 7.40. The van der Waals surface area contributed by atoms with E-state index in [2.05, 4.69) is 59.1 Å². The van der Waals surface area contributed by atoms with Gasteiger partial charge in [-0.25, -0.2) is 0 Å². The molecule has 0 saturated carbocycles. The van der Waals surface area contributed by atoms with Crippen molar-refractivity contribution in [3.8, 4) is 0 Å². The number of hydrogen-bond donors (Lipinski definition) is 2. The molecule has 0 saturated heterocycles. The Labute approximate surface area is 103 Å². The van der Waals surface area contributed by atoms with Crippen LogP contribution in [0.5, 0.6) is 0 Å². The van der Waals surface area contributed by atoms with Crippen molar-refractivity contribution in [2.24, 2.45) is 5.41 Å². The minimum Gasteiger partial charge on any atom is -0.301 e. The minimum absolute atomic E-state index is 0.206. The molecule has 0 fully saturated rings. The SMILES string of the molecule is CCCNC(NC(C)(C)CC)C(C)(C)CC. The molecule has 1 unspecified atom stereocenters. The first kappa shape index (κ1) is 15.9. The van der Waals surface area contributed by atoms with E-state index in [1.807, 2.05) is 0 Å². The van der Waals surface area contributed by atoms with Gasteiger partial charge in [-0.05, 0) is 45.1 Å². The second-order valence-corrected chi connectivity index (χ2v) is 6.11. The van der Waals surface area contributed by atoms with Crippen LogP contribution in [0, 0.1) is 5.41 Å². The van der Waals surface area contributed by atoms with Crippen LogP contribution in [0.4, 0.5) is 0 Å². The van der Waals surface area contributed by atoms with E-state index in [4.69, 9.17) is 0 Å². The van der Waals surface area contributed by atoms with Crippen LogP contribution in [0.2, 0.25) is 0 Å². The highest BCUT2D eigenvalue weighted by Gasteiger charge is 2.30. The zero-order valence-corrected chi connectivity index (χ0v) is 12.4. The van der Waals surface area contributed by atoms with Crippen LogP contribution in [0.25, 0.3) is 0 Å². The van der Waals surface area contributed by atoms with Crippen molar-refractivity contribution in [3.63, 3.8) is 0 Å². The van der Waals surface area contributed by atoms with Gasteiger partial charge in [-0.2, -0.15) is 0 Å². The summed E-state index contributed by atoms with van der Waals surface area (Å²) >= 11 is 0. The zero-order valence-electron chi connectivity index (χ0n) is 12.4. The van der Waals surface area contributed by atoms with E-state index in [0.29, 0.717) is 11.6 Å². The summed E-state index contributed by atoms with van der Waals surface area (Å²) in [4.78, 5) is 0. The molecule has 0 aliphatic rings. The topological polar surface area (TPSA) is 24.1 Å². The fourth-order valence-corrected chi connectivity index (χ4v) is 1.51. The summed E-state index contributed by atoms with van der Waals surface area (Å²) in [5.74, 6) is 0. The van der Waals surface area contributed by atoms with Crippen LogP contribution in [0.3, 0.4) is 0 Å². The molecule has 0 rings (SSSR count). The molecule has 2 heteroatoms.